The number of likely N-dealkylation sites (tertiary alicyclic amines) is 1. The molecule has 0 bridgehead atoms. The van der Waals surface area contributed by atoms with Gasteiger partial charge in [-0.2, -0.15) is 0 Å². The number of aryl methyl sites for hydroxylation is 1. The Bertz CT molecular complexity index is 957. The summed E-state index contributed by atoms with van der Waals surface area (Å²) in [7, 11) is 0. The summed E-state index contributed by atoms with van der Waals surface area (Å²) in [5.41, 5.74) is 4.15. The molecule has 28 heavy (non-hydrogen) atoms. The van der Waals surface area contributed by atoms with Crippen molar-refractivity contribution in [3.8, 4) is 0 Å². The molecule has 0 amide bonds. The minimum Gasteiger partial charge on any atom is -0.379 e. The molecule has 2 aliphatic rings. The highest BCUT2D eigenvalue weighted by Crippen LogP contribution is 2.30. The van der Waals surface area contributed by atoms with Crippen LogP contribution in [0.4, 0.5) is 0 Å². The van der Waals surface area contributed by atoms with E-state index in [9.17, 15) is 0 Å². The van der Waals surface area contributed by atoms with Crippen LogP contribution in [0.5, 0.6) is 0 Å². The van der Waals surface area contributed by atoms with Crippen molar-refractivity contribution in [1.82, 2.24) is 14.4 Å². The highest BCUT2D eigenvalue weighted by atomic mass is 16.5. The average Bonchev–Trinajstić information content (AvgIpc) is 3.08. The monoisotopic (exact) mass is 377 g/mol. The van der Waals surface area contributed by atoms with Crippen LogP contribution in [-0.2, 0) is 17.8 Å². The van der Waals surface area contributed by atoms with Gasteiger partial charge in [-0.05, 0) is 50.1 Å². The Kier molecular flexibility index (Phi) is 5.10. The zero-order valence-corrected chi connectivity index (χ0v) is 16.9. The minimum atomic E-state index is 0.698. The van der Waals surface area contributed by atoms with Gasteiger partial charge in [0.2, 0.25) is 0 Å². The zero-order valence-electron chi connectivity index (χ0n) is 16.9. The molecular weight excluding hydrogens is 346 g/mol. The molecule has 4 heteroatoms. The molecular formula is C24H31N3O. The molecule has 148 valence electrons. The number of morpholine rings is 1. The number of aromatic nitrogens is 1. The number of fused-ring (bicyclic) bond motifs is 3. The fraction of sp³-hybridized carbons (Fsp3) is 0.500. The van der Waals surface area contributed by atoms with Crippen LogP contribution in [0, 0.1) is 0 Å². The Hall–Kier alpha value is -1.88. The van der Waals surface area contributed by atoms with E-state index in [-0.39, 0.29) is 0 Å². The van der Waals surface area contributed by atoms with Crippen molar-refractivity contribution in [2.24, 2.45) is 0 Å². The van der Waals surface area contributed by atoms with E-state index < -0.39 is 0 Å². The van der Waals surface area contributed by atoms with Gasteiger partial charge >= 0.3 is 0 Å². The molecule has 1 unspecified atom stereocenters. The van der Waals surface area contributed by atoms with E-state index in [2.05, 4.69) is 63.8 Å². The van der Waals surface area contributed by atoms with E-state index in [4.69, 9.17) is 4.74 Å². The maximum atomic E-state index is 5.54. The second kappa shape index (κ2) is 7.86. The van der Waals surface area contributed by atoms with Crippen LogP contribution in [0.3, 0.4) is 0 Å². The Morgan fingerprint density at radius 3 is 2.64 bits per heavy atom. The fourth-order valence-corrected chi connectivity index (χ4v) is 5.21. The number of hydrogen-bond donors (Lipinski definition) is 0. The van der Waals surface area contributed by atoms with Crippen LogP contribution in [0.1, 0.15) is 25.3 Å². The van der Waals surface area contributed by atoms with Crippen molar-refractivity contribution in [2.75, 3.05) is 39.4 Å². The number of para-hydroxylation sites is 1. The molecule has 0 aliphatic carbocycles. The Morgan fingerprint density at radius 1 is 0.964 bits per heavy atom. The molecule has 0 radical (unpaired) electrons. The van der Waals surface area contributed by atoms with E-state index in [1.165, 1.54) is 53.3 Å². The summed E-state index contributed by atoms with van der Waals surface area (Å²) in [6.45, 7) is 10.7. The predicted molar refractivity (Wildman–Crippen MR) is 116 cm³/mol. The van der Waals surface area contributed by atoms with Crippen molar-refractivity contribution in [2.45, 2.75) is 38.9 Å². The van der Waals surface area contributed by atoms with Gasteiger partial charge in [-0.1, -0.05) is 24.3 Å². The van der Waals surface area contributed by atoms with Crippen LogP contribution in [0.25, 0.3) is 21.8 Å². The fourth-order valence-electron chi connectivity index (χ4n) is 5.21. The van der Waals surface area contributed by atoms with Crippen LogP contribution in [-0.4, -0.2) is 59.8 Å². The van der Waals surface area contributed by atoms with Gasteiger partial charge in [0.15, 0.2) is 0 Å². The molecule has 0 saturated carbocycles. The number of ether oxygens (including phenoxy) is 1. The van der Waals surface area contributed by atoms with E-state index in [1.807, 2.05) is 0 Å². The third-order valence-corrected chi connectivity index (χ3v) is 6.60. The number of hydrogen-bond acceptors (Lipinski definition) is 3. The Morgan fingerprint density at radius 2 is 1.79 bits per heavy atom. The largest absolute Gasteiger partial charge is 0.379 e. The SMILES string of the molecule is CCn1c2ccccc2c2cc(CN3CCCC(N4CCOCC4)C3)ccc21. The first-order valence-corrected chi connectivity index (χ1v) is 10.9. The van der Waals surface area contributed by atoms with E-state index in [0.717, 1.165) is 39.4 Å². The molecule has 4 nitrogen and oxygen atoms in total. The molecule has 2 aromatic carbocycles. The van der Waals surface area contributed by atoms with Crippen LogP contribution < -0.4 is 0 Å². The number of rotatable bonds is 4. The quantitative estimate of drug-likeness (QED) is 0.683. The van der Waals surface area contributed by atoms with Gasteiger partial charge in [0, 0.05) is 60.6 Å². The first kappa shape index (κ1) is 18.2. The molecule has 0 N–H and O–H groups in total. The van der Waals surface area contributed by atoms with Crippen molar-refractivity contribution < 1.29 is 4.74 Å². The topological polar surface area (TPSA) is 20.6 Å². The second-order valence-electron chi connectivity index (χ2n) is 8.29. The lowest BCUT2D eigenvalue weighted by atomic mass is 10.0. The lowest BCUT2D eigenvalue weighted by Crippen LogP contribution is -2.51. The highest BCUT2D eigenvalue weighted by molar-refractivity contribution is 6.08. The predicted octanol–water partition coefficient (Wildman–Crippen LogP) is 4.11. The van der Waals surface area contributed by atoms with E-state index in [0.29, 0.717) is 6.04 Å². The molecule has 0 spiro atoms. The van der Waals surface area contributed by atoms with Gasteiger partial charge < -0.3 is 9.30 Å². The standard InChI is InChI=1S/C24H31N3O/c1-2-27-23-8-4-3-7-21(23)22-16-19(9-10-24(22)27)17-25-11-5-6-20(18-25)26-12-14-28-15-13-26/h3-4,7-10,16,20H,2,5-6,11-15,17-18H2,1H3. The Labute approximate surface area is 167 Å². The molecule has 2 saturated heterocycles. The first-order valence-electron chi connectivity index (χ1n) is 10.9. The van der Waals surface area contributed by atoms with Gasteiger partial charge in [0.05, 0.1) is 13.2 Å². The van der Waals surface area contributed by atoms with E-state index >= 15 is 0 Å². The lowest BCUT2D eigenvalue weighted by Gasteiger charge is -2.41. The minimum absolute atomic E-state index is 0.698. The van der Waals surface area contributed by atoms with Gasteiger partial charge in [-0.3, -0.25) is 9.80 Å². The summed E-state index contributed by atoms with van der Waals surface area (Å²) in [6, 6.07) is 16.6. The summed E-state index contributed by atoms with van der Waals surface area (Å²) in [5.74, 6) is 0. The van der Waals surface area contributed by atoms with Crippen molar-refractivity contribution >= 4 is 21.8 Å². The molecule has 1 atom stereocenters. The van der Waals surface area contributed by atoms with E-state index in [1.54, 1.807) is 0 Å². The third kappa shape index (κ3) is 3.34. The number of benzene rings is 2. The summed E-state index contributed by atoms with van der Waals surface area (Å²) in [4.78, 5) is 5.30. The van der Waals surface area contributed by atoms with Gasteiger partial charge in [0.25, 0.3) is 0 Å². The van der Waals surface area contributed by atoms with Gasteiger partial charge in [-0.15, -0.1) is 0 Å². The summed E-state index contributed by atoms with van der Waals surface area (Å²) in [6.07, 6.45) is 2.64. The second-order valence-corrected chi connectivity index (χ2v) is 8.29. The summed E-state index contributed by atoms with van der Waals surface area (Å²) in [5, 5.41) is 2.78. The molecule has 5 rings (SSSR count). The lowest BCUT2D eigenvalue weighted by molar-refractivity contribution is -0.00357. The number of piperidine rings is 1. The Balaban J connectivity index is 1.38. The maximum absolute atomic E-state index is 5.54. The molecule has 3 heterocycles. The van der Waals surface area contributed by atoms with Crippen molar-refractivity contribution in [3.63, 3.8) is 0 Å². The average molecular weight is 378 g/mol. The molecule has 2 fully saturated rings. The highest BCUT2D eigenvalue weighted by Gasteiger charge is 2.26. The molecule has 3 aromatic rings. The first-order chi connectivity index (χ1) is 13.8. The van der Waals surface area contributed by atoms with Crippen molar-refractivity contribution in [3.05, 3.63) is 48.0 Å². The van der Waals surface area contributed by atoms with Gasteiger partial charge in [-0.25, -0.2) is 0 Å². The third-order valence-electron chi connectivity index (χ3n) is 6.60. The van der Waals surface area contributed by atoms with Gasteiger partial charge in [0.1, 0.15) is 0 Å². The molecule has 1 aromatic heterocycles. The summed E-state index contributed by atoms with van der Waals surface area (Å²) >= 11 is 0. The number of nitrogens with zero attached hydrogens (tertiary/aromatic N) is 3. The van der Waals surface area contributed by atoms with Crippen LogP contribution >= 0.6 is 0 Å². The summed E-state index contributed by atoms with van der Waals surface area (Å²) < 4.78 is 7.98. The zero-order chi connectivity index (χ0) is 18.9. The van der Waals surface area contributed by atoms with Crippen LogP contribution in [0.15, 0.2) is 42.5 Å². The normalized spacial score (nSPS) is 22.2. The molecule has 2 aliphatic heterocycles. The maximum Gasteiger partial charge on any atom is 0.0594 e. The van der Waals surface area contributed by atoms with Crippen molar-refractivity contribution in [1.29, 1.82) is 0 Å². The smallest absolute Gasteiger partial charge is 0.0594 e. The van der Waals surface area contributed by atoms with Crippen LogP contribution in [0.2, 0.25) is 0 Å².